The molecule has 0 aliphatic rings. The van der Waals surface area contributed by atoms with Gasteiger partial charge in [0, 0.05) is 5.56 Å². The van der Waals surface area contributed by atoms with Gasteiger partial charge in [0.05, 0.1) is 11.8 Å². The van der Waals surface area contributed by atoms with Crippen molar-refractivity contribution in [2.45, 2.75) is 6.43 Å². The summed E-state index contributed by atoms with van der Waals surface area (Å²) in [4.78, 5) is 0. The highest BCUT2D eigenvalue weighted by Crippen LogP contribution is 2.33. The second-order valence-electron chi connectivity index (χ2n) is 3.27. The molecule has 1 aromatic heterocycles. The predicted molar refractivity (Wildman–Crippen MR) is 55.1 cm³/mol. The molecule has 4 nitrogen and oxygen atoms in total. The first-order valence-corrected chi connectivity index (χ1v) is 4.50. The van der Waals surface area contributed by atoms with Gasteiger partial charge in [-0.2, -0.15) is 5.10 Å². The molecule has 0 aliphatic heterocycles. The van der Waals surface area contributed by atoms with Crippen molar-refractivity contribution < 1.29 is 13.9 Å². The maximum absolute atomic E-state index is 12.5. The Balaban J connectivity index is 2.52. The highest BCUT2D eigenvalue weighted by Gasteiger charge is 2.15. The molecule has 2 aromatic rings. The lowest BCUT2D eigenvalue weighted by molar-refractivity contribution is 0.147. The van der Waals surface area contributed by atoms with E-state index in [9.17, 15) is 13.9 Å². The first-order chi connectivity index (χ1) is 7.59. The van der Waals surface area contributed by atoms with Gasteiger partial charge < -0.3 is 10.8 Å². The van der Waals surface area contributed by atoms with Crippen LogP contribution in [0.1, 0.15) is 12.0 Å². The van der Waals surface area contributed by atoms with E-state index in [0.717, 1.165) is 0 Å². The summed E-state index contributed by atoms with van der Waals surface area (Å²) >= 11 is 0. The SMILES string of the molecule is Nc1[nH]ncc1-c1ccc(O)c(C(F)F)c1. The number of nitrogens with zero attached hydrogens (tertiary/aromatic N) is 1. The van der Waals surface area contributed by atoms with E-state index in [1.54, 1.807) is 0 Å². The topological polar surface area (TPSA) is 74.9 Å². The van der Waals surface area contributed by atoms with Crippen LogP contribution in [0.3, 0.4) is 0 Å². The molecular weight excluding hydrogens is 216 g/mol. The number of nitrogens with one attached hydrogen (secondary N) is 1. The number of rotatable bonds is 2. The Hall–Kier alpha value is -2.11. The summed E-state index contributed by atoms with van der Waals surface area (Å²) in [7, 11) is 0. The van der Waals surface area contributed by atoms with Crippen molar-refractivity contribution >= 4 is 5.82 Å². The summed E-state index contributed by atoms with van der Waals surface area (Å²) in [6, 6.07) is 3.91. The van der Waals surface area contributed by atoms with E-state index in [4.69, 9.17) is 5.73 Å². The van der Waals surface area contributed by atoms with Crippen LogP contribution in [0.4, 0.5) is 14.6 Å². The van der Waals surface area contributed by atoms with Crippen LogP contribution in [-0.4, -0.2) is 15.3 Å². The number of hydrogen-bond donors (Lipinski definition) is 3. The molecule has 0 unspecified atom stereocenters. The van der Waals surface area contributed by atoms with E-state index in [0.29, 0.717) is 16.9 Å². The Morgan fingerprint density at radius 1 is 1.38 bits per heavy atom. The van der Waals surface area contributed by atoms with Crippen LogP contribution in [0, 0.1) is 0 Å². The number of nitrogens with two attached hydrogens (primary N) is 1. The van der Waals surface area contributed by atoms with Crippen LogP contribution in [0.15, 0.2) is 24.4 Å². The van der Waals surface area contributed by atoms with Gasteiger partial charge in [-0.1, -0.05) is 6.07 Å². The number of phenols is 1. The summed E-state index contributed by atoms with van der Waals surface area (Å²) in [5.41, 5.74) is 6.17. The molecule has 0 amide bonds. The lowest BCUT2D eigenvalue weighted by Crippen LogP contribution is -1.90. The third-order valence-corrected chi connectivity index (χ3v) is 2.24. The Morgan fingerprint density at radius 3 is 2.69 bits per heavy atom. The lowest BCUT2D eigenvalue weighted by Gasteiger charge is -2.06. The average molecular weight is 225 g/mol. The number of benzene rings is 1. The zero-order valence-electron chi connectivity index (χ0n) is 8.11. The number of H-pyrrole nitrogens is 1. The molecule has 1 heterocycles. The van der Waals surface area contributed by atoms with E-state index in [2.05, 4.69) is 10.2 Å². The minimum absolute atomic E-state index is 0.297. The first-order valence-electron chi connectivity index (χ1n) is 4.50. The quantitative estimate of drug-likeness (QED) is 0.734. The molecule has 0 saturated heterocycles. The molecule has 0 radical (unpaired) electrons. The Morgan fingerprint density at radius 2 is 2.12 bits per heavy atom. The van der Waals surface area contributed by atoms with Gasteiger partial charge in [0.25, 0.3) is 6.43 Å². The van der Waals surface area contributed by atoms with Crippen LogP contribution in [0.5, 0.6) is 5.75 Å². The third kappa shape index (κ3) is 1.69. The number of aromatic hydroxyl groups is 1. The van der Waals surface area contributed by atoms with Crippen LogP contribution < -0.4 is 5.73 Å². The number of aromatic nitrogens is 2. The normalized spacial score (nSPS) is 10.9. The van der Waals surface area contributed by atoms with E-state index in [1.165, 1.54) is 24.4 Å². The smallest absolute Gasteiger partial charge is 0.267 e. The van der Waals surface area contributed by atoms with Gasteiger partial charge in [-0.3, -0.25) is 5.10 Å². The molecule has 84 valence electrons. The van der Waals surface area contributed by atoms with Crippen LogP contribution >= 0.6 is 0 Å². The van der Waals surface area contributed by atoms with Crippen molar-refractivity contribution in [1.82, 2.24) is 10.2 Å². The predicted octanol–water partition coefficient (Wildman–Crippen LogP) is 2.30. The zero-order valence-corrected chi connectivity index (χ0v) is 8.11. The van der Waals surface area contributed by atoms with Crippen LogP contribution in [-0.2, 0) is 0 Å². The molecule has 1 aromatic carbocycles. The highest BCUT2D eigenvalue weighted by atomic mass is 19.3. The number of anilines is 1. The van der Waals surface area contributed by atoms with Crippen molar-refractivity contribution in [2.24, 2.45) is 0 Å². The monoisotopic (exact) mass is 225 g/mol. The van der Waals surface area contributed by atoms with Crippen molar-refractivity contribution in [2.75, 3.05) is 5.73 Å². The molecule has 0 saturated carbocycles. The van der Waals surface area contributed by atoms with Gasteiger partial charge in [0.1, 0.15) is 11.6 Å². The fraction of sp³-hybridized carbons (Fsp3) is 0.100. The molecule has 4 N–H and O–H groups in total. The summed E-state index contributed by atoms with van der Waals surface area (Å²) in [6.07, 6.45) is -1.29. The van der Waals surface area contributed by atoms with Gasteiger partial charge >= 0.3 is 0 Å². The van der Waals surface area contributed by atoms with E-state index < -0.39 is 17.7 Å². The largest absolute Gasteiger partial charge is 0.507 e. The lowest BCUT2D eigenvalue weighted by atomic mass is 10.0. The fourth-order valence-corrected chi connectivity index (χ4v) is 1.42. The van der Waals surface area contributed by atoms with Gasteiger partial charge in [-0.15, -0.1) is 0 Å². The minimum atomic E-state index is -2.73. The number of halogens is 2. The van der Waals surface area contributed by atoms with Gasteiger partial charge in [0.2, 0.25) is 0 Å². The fourth-order valence-electron chi connectivity index (χ4n) is 1.42. The van der Waals surface area contributed by atoms with Crippen molar-refractivity contribution in [3.63, 3.8) is 0 Å². The number of alkyl halides is 2. The molecule has 2 rings (SSSR count). The average Bonchev–Trinajstić information content (AvgIpc) is 2.65. The van der Waals surface area contributed by atoms with Gasteiger partial charge in [0.15, 0.2) is 0 Å². The second-order valence-corrected chi connectivity index (χ2v) is 3.27. The van der Waals surface area contributed by atoms with Gasteiger partial charge in [-0.05, 0) is 17.7 Å². The second kappa shape index (κ2) is 3.80. The number of nitrogen functional groups attached to an aromatic ring is 1. The van der Waals surface area contributed by atoms with Crippen LogP contribution in [0.2, 0.25) is 0 Å². The molecule has 0 atom stereocenters. The maximum Gasteiger partial charge on any atom is 0.267 e. The van der Waals surface area contributed by atoms with Crippen molar-refractivity contribution in [3.05, 3.63) is 30.0 Å². The Kier molecular flexibility index (Phi) is 2.47. The van der Waals surface area contributed by atoms with Crippen molar-refractivity contribution in [3.8, 4) is 16.9 Å². The summed E-state index contributed by atoms with van der Waals surface area (Å²) in [6.45, 7) is 0. The molecule has 6 heteroatoms. The first kappa shape index (κ1) is 10.4. The van der Waals surface area contributed by atoms with E-state index >= 15 is 0 Å². The summed E-state index contributed by atoms with van der Waals surface area (Å²) < 4.78 is 25.1. The standard InChI is InChI=1S/C10H9F2N3O/c11-9(12)6-3-5(1-2-8(6)16)7-4-14-15-10(7)13/h1-4,9,16H,(H3,13,14,15). The molecule has 0 fully saturated rings. The van der Waals surface area contributed by atoms with Crippen LogP contribution in [0.25, 0.3) is 11.1 Å². The molecule has 0 bridgehead atoms. The zero-order chi connectivity index (χ0) is 11.7. The molecule has 16 heavy (non-hydrogen) atoms. The van der Waals surface area contributed by atoms with Gasteiger partial charge in [-0.25, -0.2) is 8.78 Å². The maximum atomic E-state index is 12.5. The Labute approximate surface area is 89.7 Å². The minimum Gasteiger partial charge on any atom is -0.507 e. The summed E-state index contributed by atoms with van der Waals surface area (Å²) in [5.74, 6) is -0.133. The molecule has 0 aliphatic carbocycles. The Bertz CT molecular complexity index is 511. The number of aromatic amines is 1. The molecular formula is C10H9F2N3O. The molecule has 0 spiro atoms. The van der Waals surface area contributed by atoms with Crippen molar-refractivity contribution in [1.29, 1.82) is 0 Å². The van der Waals surface area contributed by atoms with E-state index in [1.807, 2.05) is 0 Å². The summed E-state index contributed by atoms with van der Waals surface area (Å²) in [5, 5.41) is 15.4. The number of hydrogen-bond acceptors (Lipinski definition) is 3. The highest BCUT2D eigenvalue weighted by molar-refractivity contribution is 5.74. The number of phenolic OH excluding ortho intramolecular Hbond substituents is 1. The van der Waals surface area contributed by atoms with E-state index in [-0.39, 0.29) is 0 Å². The third-order valence-electron chi connectivity index (χ3n) is 2.24.